The van der Waals surface area contributed by atoms with Crippen LogP contribution >= 0.6 is 12.6 Å². The standard InChI is InChI=1S/C15H23NOS/c1-5-11(2)12-6-8-13(9-7-12)15(3,4)10-16-14(17)18/h6-9,11H,5,10H2,1-4H3,(H2,16,17,18). The summed E-state index contributed by atoms with van der Waals surface area (Å²) in [5.41, 5.74) is 2.53. The molecule has 0 spiro atoms. The highest BCUT2D eigenvalue weighted by Crippen LogP contribution is 2.25. The van der Waals surface area contributed by atoms with Gasteiger partial charge in [0, 0.05) is 12.0 Å². The smallest absolute Gasteiger partial charge is 0.276 e. The second-order valence-corrected chi connectivity index (χ2v) is 5.88. The van der Waals surface area contributed by atoms with Crippen LogP contribution in [0.3, 0.4) is 0 Å². The minimum Gasteiger partial charge on any atom is -0.346 e. The third-order valence-electron chi connectivity index (χ3n) is 3.56. The molecule has 1 amide bonds. The molecule has 0 aliphatic carbocycles. The lowest BCUT2D eigenvalue weighted by Crippen LogP contribution is -2.34. The van der Waals surface area contributed by atoms with E-state index in [0.717, 1.165) is 6.42 Å². The molecule has 0 bridgehead atoms. The van der Waals surface area contributed by atoms with Crippen LogP contribution in [0.25, 0.3) is 0 Å². The average molecular weight is 265 g/mol. The molecule has 1 rings (SSSR count). The van der Waals surface area contributed by atoms with Crippen molar-refractivity contribution in [3.05, 3.63) is 35.4 Å². The van der Waals surface area contributed by atoms with Gasteiger partial charge in [-0.25, -0.2) is 0 Å². The zero-order valence-corrected chi connectivity index (χ0v) is 12.6. The molecule has 100 valence electrons. The van der Waals surface area contributed by atoms with E-state index in [9.17, 15) is 4.79 Å². The van der Waals surface area contributed by atoms with Crippen LogP contribution in [0, 0.1) is 0 Å². The Bertz CT molecular complexity index is 397. The van der Waals surface area contributed by atoms with Gasteiger partial charge in [-0.1, -0.05) is 64.6 Å². The van der Waals surface area contributed by atoms with Gasteiger partial charge < -0.3 is 5.32 Å². The fourth-order valence-electron chi connectivity index (χ4n) is 1.90. The number of amides is 1. The van der Waals surface area contributed by atoms with Crippen LogP contribution in [-0.4, -0.2) is 11.8 Å². The first-order valence-corrected chi connectivity index (χ1v) is 6.88. The van der Waals surface area contributed by atoms with Crippen molar-refractivity contribution in [1.82, 2.24) is 5.32 Å². The average Bonchev–Trinajstić information content (AvgIpc) is 2.36. The maximum Gasteiger partial charge on any atom is 0.276 e. The summed E-state index contributed by atoms with van der Waals surface area (Å²) in [6.07, 6.45) is 1.15. The molecule has 0 saturated heterocycles. The molecule has 0 aromatic heterocycles. The van der Waals surface area contributed by atoms with Gasteiger partial charge in [0.1, 0.15) is 0 Å². The van der Waals surface area contributed by atoms with E-state index < -0.39 is 0 Å². The van der Waals surface area contributed by atoms with Crippen LogP contribution in [-0.2, 0) is 5.41 Å². The fourth-order valence-corrected chi connectivity index (χ4v) is 1.98. The van der Waals surface area contributed by atoms with Crippen molar-refractivity contribution in [2.45, 2.75) is 45.4 Å². The molecular weight excluding hydrogens is 242 g/mol. The lowest BCUT2D eigenvalue weighted by atomic mass is 9.83. The molecular formula is C15H23NOS. The van der Waals surface area contributed by atoms with E-state index in [1.54, 1.807) is 0 Å². The number of hydrogen-bond donors (Lipinski definition) is 2. The zero-order chi connectivity index (χ0) is 13.8. The Balaban J connectivity index is 2.80. The van der Waals surface area contributed by atoms with E-state index in [-0.39, 0.29) is 10.7 Å². The van der Waals surface area contributed by atoms with Crippen molar-refractivity contribution in [2.24, 2.45) is 0 Å². The molecule has 1 N–H and O–H groups in total. The predicted molar refractivity (Wildman–Crippen MR) is 80.6 cm³/mol. The van der Waals surface area contributed by atoms with Crippen LogP contribution in [0.1, 0.15) is 51.2 Å². The van der Waals surface area contributed by atoms with Gasteiger partial charge in [0.25, 0.3) is 5.24 Å². The van der Waals surface area contributed by atoms with E-state index in [1.807, 2.05) is 0 Å². The summed E-state index contributed by atoms with van der Waals surface area (Å²) in [5.74, 6) is 0.597. The Morgan fingerprint density at radius 1 is 1.33 bits per heavy atom. The van der Waals surface area contributed by atoms with Gasteiger partial charge in [0.05, 0.1) is 0 Å². The summed E-state index contributed by atoms with van der Waals surface area (Å²) in [4.78, 5) is 10.9. The van der Waals surface area contributed by atoms with E-state index >= 15 is 0 Å². The van der Waals surface area contributed by atoms with Crippen molar-refractivity contribution in [3.8, 4) is 0 Å². The molecule has 0 aliphatic heterocycles. The van der Waals surface area contributed by atoms with Crippen LogP contribution in [0.4, 0.5) is 4.79 Å². The van der Waals surface area contributed by atoms with Crippen LogP contribution < -0.4 is 5.32 Å². The Labute approximate surface area is 116 Å². The van der Waals surface area contributed by atoms with Crippen molar-refractivity contribution >= 4 is 17.9 Å². The fraction of sp³-hybridized carbons (Fsp3) is 0.533. The molecule has 0 aliphatic rings. The SMILES string of the molecule is CCC(C)c1ccc(C(C)(C)CNC(=O)S)cc1. The molecule has 0 heterocycles. The Kier molecular flexibility index (Phi) is 5.27. The lowest BCUT2D eigenvalue weighted by Gasteiger charge is -2.25. The van der Waals surface area contributed by atoms with Gasteiger partial charge in [0.2, 0.25) is 0 Å². The molecule has 0 fully saturated rings. The topological polar surface area (TPSA) is 29.1 Å². The van der Waals surface area contributed by atoms with Crippen molar-refractivity contribution in [2.75, 3.05) is 6.54 Å². The highest BCUT2D eigenvalue weighted by atomic mass is 32.1. The van der Waals surface area contributed by atoms with Gasteiger partial charge in [-0.15, -0.1) is 0 Å². The van der Waals surface area contributed by atoms with Gasteiger partial charge in [-0.05, 0) is 23.5 Å². The molecule has 2 nitrogen and oxygen atoms in total. The number of rotatable bonds is 5. The highest BCUT2D eigenvalue weighted by Gasteiger charge is 2.21. The largest absolute Gasteiger partial charge is 0.346 e. The summed E-state index contributed by atoms with van der Waals surface area (Å²) in [5, 5.41) is 2.48. The first-order chi connectivity index (χ1) is 8.36. The number of carbonyl (C=O) groups excluding carboxylic acids is 1. The summed E-state index contributed by atoms with van der Waals surface area (Å²) in [7, 11) is 0. The Morgan fingerprint density at radius 3 is 2.33 bits per heavy atom. The van der Waals surface area contributed by atoms with E-state index in [1.165, 1.54) is 11.1 Å². The summed E-state index contributed by atoms with van der Waals surface area (Å²) in [6.45, 7) is 9.27. The summed E-state index contributed by atoms with van der Waals surface area (Å²) < 4.78 is 0. The molecule has 1 unspecified atom stereocenters. The third kappa shape index (κ3) is 4.05. The molecule has 1 aromatic carbocycles. The van der Waals surface area contributed by atoms with Crippen LogP contribution in [0.15, 0.2) is 24.3 Å². The quantitative estimate of drug-likeness (QED) is 0.771. The first kappa shape index (κ1) is 15.1. The van der Waals surface area contributed by atoms with Gasteiger partial charge in [-0.2, -0.15) is 0 Å². The summed E-state index contributed by atoms with van der Waals surface area (Å²) >= 11 is 3.73. The number of hydrogen-bond acceptors (Lipinski definition) is 1. The number of benzene rings is 1. The lowest BCUT2D eigenvalue weighted by molar-refractivity contribution is 0.259. The first-order valence-electron chi connectivity index (χ1n) is 6.44. The Morgan fingerprint density at radius 2 is 1.89 bits per heavy atom. The predicted octanol–water partition coefficient (Wildman–Crippen LogP) is 4.12. The van der Waals surface area contributed by atoms with Gasteiger partial charge in [-0.3, -0.25) is 4.79 Å². The molecule has 18 heavy (non-hydrogen) atoms. The Hall–Kier alpha value is -0.960. The zero-order valence-electron chi connectivity index (χ0n) is 11.7. The minimum atomic E-state index is -0.278. The molecule has 0 saturated carbocycles. The summed E-state index contributed by atoms with van der Waals surface area (Å²) in [6, 6.07) is 8.69. The normalized spacial score (nSPS) is 13.2. The molecule has 0 radical (unpaired) electrons. The van der Waals surface area contributed by atoms with Crippen molar-refractivity contribution < 1.29 is 4.79 Å². The monoisotopic (exact) mass is 265 g/mol. The second kappa shape index (κ2) is 6.28. The highest BCUT2D eigenvalue weighted by molar-refractivity contribution is 7.96. The minimum absolute atomic E-state index is 0.0770. The third-order valence-corrected chi connectivity index (χ3v) is 3.71. The van der Waals surface area contributed by atoms with Crippen LogP contribution in [0.5, 0.6) is 0 Å². The molecule has 3 heteroatoms. The maximum absolute atomic E-state index is 10.9. The van der Waals surface area contributed by atoms with E-state index in [4.69, 9.17) is 0 Å². The van der Waals surface area contributed by atoms with Crippen molar-refractivity contribution in [1.29, 1.82) is 0 Å². The molecule has 1 atom stereocenters. The maximum atomic E-state index is 10.9. The number of nitrogens with one attached hydrogen (secondary N) is 1. The second-order valence-electron chi connectivity index (χ2n) is 5.47. The van der Waals surface area contributed by atoms with E-state index in [2.05, 4.69) is 69.9 Å². The van der Waals surface area contributed by atoms with E-state index in [0.29, 0.717) is 12.5 Å². The van der Waals surface area contributed by atoms with Gasteiger partial charge >= 0.3 is 0 Å². The number of thiol groups is 1. The van der Waals surface area contributed by atoms with Crippen LogP contribution in [0.2, 0.25) is 0 Å². The van der Waals surface area contributed by atoms with Gasteiger partial charge in [0.15, 0.2) is 0 Å². The van der Waals surface area contributed by atoms with Crippen molar-refractivity contribution in [3.63, 3.8) is 0 Å². The molecule has 1 aromatic rings. The number of carbonyl (C=O) groups is 1.